The fourth-order valence-corrected chi connectivity index (χ4v) is 5.55. The number of carboxylic acids is 1. The van der Waals surface area contributed by atoms with Gasteiger partial charge in [0.15, 0.2) is 5.75 Å². The average molecular weight is 697 g/mol. The molecule has 0 radical (unpaired) electrons. The monoisotopic (exact) mass is 696 g/mol. The van der Waals surface area contributed by atoms with Gasteiger partial charge < -0.3 is 25.8 Å². The third kappa shape index (κ3) is 9.79. The number of amides is 2. The van der Waals surface area contributed by atoms with Crippen LogP contribution in [0.4, 0.5) is 18.9 Å². The van der Waals surface area contributed by atoms with Crippen molar-refractivity contribution in [1.82, 2.24) is 10.3 Å². The average Bonchev–Trinajstić information content (AvgIpc) is 3.50. The third-order valence-electron chi connectivity index (χ3n) is 8.02. The van der Waals surface area contributed by atoms with Gasteiger partial charge in [-0.25, -0.2) is 4.79 Å². The zero-order chi connectivity index (χ0) is 36.4. The summed E-state index contributed by atoms with van der Waals surface area (Å²) in [6.07, 6.45) is -2.43. The zero-order valence-corrected chi connectivity index (χ0v) is 27.4. The molecular weight excluding hydrogens is 661 g/mol. The number of ether oxygens (including phenoxy) is 1. The van der Waals surface area contributed by atoms with E-state index < -0.39 is 12.1 Å². The van der Waals surface area contributed by atoms with Crippen molar-refractivity contribution in [2.45, 2.75) is 45.1 Å². The molecule has 4 aromatic carbocycles. The number of aliphatic carboxylic acids is 1. The summed E-state index contributed by atoms with van der Waals surface area (Å²) in [5.41, 5.74) is 14.2. The molecule has 1 aliphatic rings. The Bertz CT molecular complexity index is 2000. The van der Waals surface area contributed by atoms with Crippen molar-refractivity contribution >= 4 is 23.5 Å². The number of aromatic nitrogens is 1. The highest BCUT2D eigenvalue weighted by molar-refractivity contribution is 5.96. The van der Waals surface area contributed by atoms with E-state index in [9.17, 15) is 22.8 Å². The molecule has 0 atom stereocenters. The van der Waals surface area contributed by atoms with Crippen molar-refractivity contribution in [3.05, 3.63) is 143 Å². The van der Waals surface area contributed by atoms with Gasteiger partial charge in [0.05, 0.1) is 24.5 Å². The number of nitrogens with zero attached hydrogens (tertiary/aromatic N) is 2. The maximum absolute atomic E-state index is 13.9. The lowest BCUT2D eigenvalue weighted by Crippen LogP contribution is -2.32. The first-order valence-corrected chi connectivity index (χ1v) is 16.0. The molecule has 0 saturated carbocycles. The SMILES string of the molecule is NCc1cccc(Oc2ccccc2N(Cc2ccc3c(c2)Cc2ccccc2-3)C(=O)CCC(=O)NCc2ccccn2)c1.O=C(O)C(F)(F)F. The van der Waals surface area contributed by atoms with Crippen LogP contribution in [-0.4, -0.2) is 34.1 Å². The molecule has 1 aliphatic carbocycles. The van der Waals surface area contributed by atoms with E-state index in [0.29, 0.717) is 36.8 Å². The molecule has 12 heteroatoms. The summed E-state index contributed by atoms with van der Waals surface area (Å²) >= 11 is 0. The van der Waals surface area contributed by atoms with Gasteiger partial charge in [0.2, 0.25) is 11.8 Å². The Hall–Kier alpha value is -6.01. The minimum absolute atomic E-state index is 0.0431. The van der Waals surface area contributed by atoms with E-state index >= 15 is 0 Å². The van der Waals surface area contributed by atoms with Gasteiger partial charge in [-0.15, -0.1) is 0 Å². The standard InChI is InChI=1S/C37H34N4O3.C2HF3O2/c38-23-26-8-7-11-31(21-26)44-35-14-4-3-13-34(35)41(37(43)18-17-36(42)40-24-30-10-5-6-19-39-30)25-27-15-16-33-29(20-27)22-28-9-1-2-12-32(28)33;3-2(4,5)1(6)7/h1-16,19-21H,17-18,22-25,38H2,(H,40,42);(H,6,7). The summed E-state index contributed by atoms with van der Waals surface area (Å²) in [6, 6.07) is 35.5. The summed E-state index contributed by atoms with van der Waals surface area (Å²) in [4.78, 5) is 41.5. The molecule has 0 unspecified atom stereocenters. The molecule has 0 aliphatic heterocycles. The first-order chi connectivity index (χ1) is 24.5. The quantitative estimate of drug-likeness (QED) is 0.131. The molecule has 0 saturated heterocycles. The van der Waals surface area contributed by atoms with Crippen LogP contribution in [0.1, 0.15) is 40.8 Å². The highest BCUT2D eigenvalue weighted by Gasteiger charge is 2.38. The fourth-order valence-electron chi connectivity index (χ4n) is 5.55. The number of nitrogens with one attached hydrogen (secondary N) is 1. The van der Waals surface area contributed by atoms with Crippen LogP contribution in [-0.2, 0) is 40.4 Å². The van der Waals surface area contributed by atoms with E-state index in [4.69, 9.17) is 20.4 Å². The number of carbonyl (C=O) groups is 3. The maximum Gasteiger partial charge on any atom is 0.490 e. The fraction of sp³-hybridized carbons (Fsp3) is 0.179. The molecule has 6 rings (SSSR count). The van der Waals surface area contributed by atoms with Crippen molar-refractivity contribution in [1.29, 1.82) is 0 Å². The van der Waals surface area contributed by atoms with E-state index in [2.05, 4.69) is 52.8 Å². The number of halogens is 3. The number of rotatable bonds is 11. The normalized spacial score (nSPS) is 11.4. The summed E-state index contributed by atoms with van der Waals surface area (Å²) in [7, 11) is 0. The van der Waals surface area contributed by atoms with E-state index in [1.165, 1.54) is 22.3 Å². The molecule has 0 bridgehead atoms. The summed E-state index contributed by atoms with van der Waals surface area (Å²) in [5, 5.41) is 9.99. The first kappa shape index (κ1) is 36.3. The number of para-hydroxylation sites is 2. The molecule has 9 nitrogen and oxygen atoms in total. The van der Waals surface area contributed by atoms with Gasteiger partial charge in [0, 0.05) is 25.6 Å². The molecule has 51 heavy (non-hydrogen) atoms. The molecule has 0 fully saturated rings. The van der Waals surface area contributed by atoms with Crippen molar-refractivity contribution in [2.75, 3.05) is 4.90 Å². The van der Waals surface area contributed by atoms with E-state index in [-0.39, 0.29) is 24.7 Å². The number of pyridine rings is 1. The van der Waals surface area contributed by atoms with E-state index in [1.807, 2.05) is 66.7 Å². The van der Waals surface area contributed by atoms with Gasteiger partial charge in [-0.3, -0.25) is 14.6 Å². The number of fused-ring (bicyclic) bond motifs is 3. The second-order valence-electron chi connectivity index (χ2n) is 11.6. The van der Waals surface area contributed by atoms with Gasteiger partial charge in [-0.05, 0) is 76.2 Å². The number of hydrogen-bond donors (Lipinski definition) is 3. The van der Waals surface area contributed by atoms with Crippen LogP contribution >= 0.6 is 0 Å². The van der Waals surface area contributed by atoms with Crippen LogP contribution in [0.15, 0.2) is 115 Å². The Balaban J connectivity index is 0.000000654. The lowest BCUT2D eigenvalue weighted by Gasteiger charge is -2.26. The second kappa shape index (κ2) is 16.6. The van der Waals surface area contributed by atoms with Crippen molar-refractivity contribution in [2.24, 2.45) is 5.73 Å². The molecule has 4 N–H and O–H groups in total. The Morgan fingerprint density at radius 2 is 1.55 bits per heavy atom. The molecule has 2 amide bonds. The number of carboxylic acid groups (broad SMARTS) is 1. The van der Waals surface area contributed by atoms with Crippen LogP contribution in [0, 0.1) is 0 Å². The van der Waals surface area contributed by atoms with Crippen LogP contribution in [0.2, 0.25) is 0 Å². The number of benzene rings is 4. The predicted molar refractivity (Wildman–Crippen MR) is 186 cm³/mol. The topological polar surface area (TPSA) is 135 Å². The smallest absolute Gasteiger partial charge is 0.475 e. The highest BCUT2D eigenvalue weighted by Crippen LogP contribution is 2.38. The Labute approximate surface area is 292 Å². The van der Waals surface area contributed by atoms with Gasteiger partial charge in [0.25, 0.3) is 0 Å². The van der Waals surface area contributed by atoms with Crippen molar-refractivity contribution < 1.29 is 37.4 Å². The molecule has 5 aromatic rings. The maximum atomic E-state index is 13.9. The molecule has 0 spiro atoms. The number of carbonyl (C=O) groups excluding carboxylic acids is 2. The Morgan fingerprint density at radius 3 is 2.29 bits per heavy atom. The van der Waals surface area contributed by atoms with Crippen LogP contribution < -0.4 is 20.7 Å². The second-order valence-corrected chi connectivity index (χ2v) is 11.6. The molecule has 1 aromatic heterocycles. The summed E-state index contributed by atoms with van der Waals surface area (Å²) in [6.45, 7) is 1.04. The number of alkyl halides is 3. The van der Waals surface area contributed by atoms with Crippen LogP contribution in [0.25, 0.3) is 11.1 Å². The summed E-state index contributed by atoms with van der Waals surface area (Å²) in [5.74, 6) is -1.96. The molecule has 1 heterocycles. The van der Waals surface area contributed by atoms with Crippen molar-refractivity contribution in [3.8, 4) is 22.6 Å². The summed E-state index contributed by atoms with van der Waals surface area (Å²) < 4.78 is 38.1. The van der Waals surface area contributed by atoms with E-state index in [0.717, 1.165) is 23.2 Å². The lowest BCUT2D eigenvalue weighted by atomic mass is 10.0. The van der Waals surface area contributed by atoms with Gasteiger partial charge in [-0.1, -0.05) is 72.8 Å². The third-order valence-corrected chi connectivity index (χ3v) is 8.02. The molecule has 262 valence electrons. The highest BCUT2D eigenvalue weighted by atomic mass is 19.4. The number of hydrogen-bond acceptors (Lipinski definition) is 6. The van der Waals surface area contributed by atoms with Crippen molar-refractivity contribution in [3.63, 3.8) is 0 Å². The molecular formula is C39H35F3N4O5. The van der Waals surface area contributed by atoms with Crippen LogP contribution in [0.5, 0.6) is 11.5 Å². The predicted octanol–water partition coefficient (Wildman–Crippen LogP) is 7.17. The van der Waals surface area contributed by atoms with Gasteiger partial charge in [-0.2, -0.15) is 13.2 Å². The largest absolute Gasteiger partial charge is 0.490 e. The lowest BCUT2D eigenvalue weighted by molar-refractivity contribution is -0.192. The van der Waals surface area contributed by atoms with Gasteiger partial charge >= 0.3 is 12.1 Å². The number of anilines is 1. The van der Waals surface area contributed by atoms with Crippen LogP contribution in [0.3, 0.4) is 0 Å². The Morgan fingerprint density at radius 1 is 0.824 bits per heavy atom. The minimum atomic E-state index is -5.08. The van der Waals surface area contributed by atoms with E-state index in [1.54, 1.807) is 11.1 Å². The zero-order valence-electron chi connectivity index (χ0n) is 27.4. The first-order valence-electron chi connectivity index (χ1n) is 16.0. The number of nitrogens with two attached hydrogens (primary N) is 1. The minimum Gasteiger partial charge on any atom is -0.475 e. The Kier molecular flexibility index (Phi) is 11.8. The van der Waals surface area contributed by atoms with Gasteiger partial charge in [0.1, 0.15) is 5.75 Å².